The van der Waals surface area contributed by atoms with E-state index in [1.165, 1.54) is 5.56 Å². The zero-order chi connectivity index (χ0) is 14.7. The Labute approximate surface area is 123 Å². The highest BCUT2D eigenvalue weighted by atomic mass is 16.5. The second-order valence-corrected chi connectivity index (χ2v) is 5.14. The minimum Gasteiger partial charge on any atom is -0.377 e. The second kappa shape index (κ2) is 6.07. The highest BCUT2D eigenvalue weighted by Gasteiger charge is 2.38. The van der Waals surface area contributed by atoms with E-state index >= 15 is 0 Å². The van der Waals surface area contributed by atoms with Gasteiger partial charge in [-0.15, -0.1) is 0 Å². The SMILES string of the molecule is COCc1nc(NN)cc(NC2CC2c2ccccc2)n1. The van der Waals surface area contributed by atoms with E-state index in [-0.39, 0.29) is 0 Å². The van der Waals surface area contributed by atoms with Crippen LogP contribution in [0.5, 0.6) is 0 Å². The predicted octanol–water partition coefficient (Wildman–Crippen LogP) is 1.88. The van der Waals surface area contributed by atoms with Crippen LogP contribution in [0.4, 0.5) is 11.6 Å². The van der Waals surface area contributed by atoms with E-state index in [1.54, 1.807) is 13.2 Å². The molecule has 0 saturated heterocycles. The van der Waals surface area contributed by atoms with Crippen LogP contribution in [0.1, 0.15) is 23.7 Å². The van der Waals surface area contributed by atoms with Crippen molar-refractivity contribution in [2.24, 2.45) is 5.84 Å². The third kappa shape index (κ3) is 3.29. The molecule has 4 N–H and O–H groups in total. The summed E-state index contributed by atoms with van der Waals surface area (Å²) in [6.45, 7) is 0.358. The molecule has 0 radical (unpaired) electrons. The number of nitrogens with one attached hydrogen (secondary N) is 2. The summed E-state index contributed by atoms with van der Waals surface area (Å²) >= 11 is 0. The zero-order valence-corrected chi connectivity index (χ0v) is 11.9. The summed E-state index contributed by atoms with van der Waals surface area (Å²) in [4.78, 5) is 8.67. The molecule has 0 bridgehead atoms. The number of ether oxygens (including phenoxy) is 1. The third-order valence-electron chi connectivity index (χ3n) is 3.55. The molecule has 2 atom stereocenters. The van der Waals surface area contributed by atoms with Crippen LogP contribution >= 0.6 is 0 Å². The fourth-order valence-electron chi connectivity index (χ4n) is 2.45. The van der Waals surface area contributed by atoms with Gasteiger partial charge in [0.25, 0.3) is 0 Å². The van der Waals surface area contributed by atoms with Crippen molar-refractivity contribution in [2.75, 3.05) is 17.9 Å². The Kier molecular flexibility index (Phi) is 3.98. The molecule has 2 aromatic rings. The average molecular weight is 285 g/mol. The van der Waals surface area contributed by atoms with Gasteiger partial charge >= 0.3 is 0 Å². The minimum absolute atomic E-state index is 0.358. The van der Waals surface area contributed by atoms with Gasteiger partial charge in [0, 0.05) is 25.1 Å². The topological polar surface area (TPSA) is 85.1 Å². The number of benzene rings is 1. The maximum absolute atomic E-state index is 5.44. The summed E-state index contributed by atoms with van der Waals surface area (Å²) in [5.74, 6) is 7.94. The van der Waals surface area contributed by atoms with Gasteiger partial charge in [0.15, 0.2) is 5.82 Å². The number of hydrogen-bond acceptors (Lipinski definition) is 6. The van der Waals surface area contributed by atoms with Gasteiger partial charge in [0.1, 0.15) is 18.2 Å². The molecular formula is C15H19N5O. The van der Waals surface area contributed by atoms with E-state index in [9.17, 15) is 0 Å². The van der Waals surface area contributed by atoms with E-state index in [1.807, 2.05) is 6.07 Å². The molecule has 110 valence electrons. The first-order chi connectivity index (χ1) is 10.3. The quantitative estimate of drug-likeness (QED) is 0.555. The molecule has 0 spiro atoms. The summed E-state index contributed by atoms with van der Waals surface area (Å²) in [6, 6.07) is 12.7. The number of nitrogens with two attached hydrogens (primary N) is 1. The molecule has 21 heavy (non-hydrogen) atoms. The normalized spacial score (nSPS) is 20.1. The molecule has 0 aliphatic heterocycles. The molecule has 3 rings (SSSR count). The lowest BCUT2D eigenvalue weighted by atomic mass is 10.1. The Balaban J connectivity index is 1.70. The molecule has 1 aliphatic rings. The molecule has 1 heterocycles. The van der Waals surface area contributed by atoms with Crippen LogP contribution in [-0.2, 0) is 11.3 Å². The Hall–Kier alpha value is -2.18. The Morgan fingerprint density at radius 1 is 1.24 bits per heavy atom. The van der Waals surface area contributed by atoms with Crippen LogP contribution < -0.4 is 16.6 Å². The van der Waals surface area contributed by atoms with Gasteiger partial charge in [0.05, 0.1) is 0 Å². The first-order valence-electron chi connectivity index (χ1n) is 6.95. The van der Waals surface area contributed by atoms with Gasteiger partial charge < -0.3 is 15.5 Å². The molecule has 6 heteroatoms. The maximum atomic E-state index is 5.44. The van der Waals surface area contributed by atoms with Gasteiger partial charge in [-0.3, -0.25) is 0 Å². The summed E-state index contributed by atoms with van der Waals surface area (Å²) in [6.07, 6.45) is 1.11. The Morgan fingerprint density at radius 3 is 2.71 bits per heavy atom. The molecule has 6 nitrogen and oxygen atoms in total. The summed E-state index contributed by atoms with van der Waals surface area (Å²) in [7, 11) is 1.62. The highest BCUT2D eigenvalue weighted by molar-refractivity contribution is 5.49. The lowest BCUT2D eigenvalue weighted by Crippen LogP contribution is -2.13. The predicted molar refractivity (Wildman–Crippen MR) is 81.8 cm³/mol. The van der Waals surface area contributed by atoms with E-state index in [4.69, 9.17) is 10.6 Å². The lowest BCUT2D eigenvalue weighted by molar-refractivity contribution is 0.178. The summed E-state index contributed by atoms with van der Waals surface area (Å²) < 4.78 is 5.07. The molecule has 2 unspecified atom stereocenters. The summed E-state index contributed by atoms with van der Waals surface area (Å²) in [5.41, 5.74) is 3.92. The minimum atomic E-state index is 0.358. The lowest BCUT2D eigenvalue weighted by Gasteiger charge is -2.09. The third-order valence-corrected chi connectivity index (χ3v) is 3.55. The number of nitrogen functional groups attached to an aromatic ring is 1. The zero-order valence-electron chi connectivity index (χ0n) is 11.9. The number of nitrogens with zero attached hydrogens (tertiary/aromatic N) is 2. The van der Waals surface area contributed by atoms with Gasteiger partial charge in [-0.2, -0.15) is 0 Å². The monoisotopic (exact) mass is 285 g/mol. The molecular weight excluding hydrogens is 266 g/mol. The Bertz CT molecular complexity index is 604. The van der Waals surface area contributed by atoms with Crippen LogP contribution in [0.25, 0.3) is 0 Å². The van der Waals surface area contributed by atoms with Crippen molar-refractivity contribution in [1.82, 2.24) is 9.97 Å². The van der Waals surface area contributed by atoms with Gasteiger partial charge in [-0.1, -0.05) is 30.3 Å². The highest BCUT2D eigenvalue weighted by Crippen LogP contribution is 2.42. The number of methoxy groups -OCH3 is 1. The first-order valence-corrected chi connectivity index (χ1v) is 6.95. The molecule has 1 aliphatic carbocycles. The molecule has 1 saturated carbocycles. The second-order valence-electron chi connectivity index (χ2n) is 5.14. The maximum Gasteiger partial charge on any atom is 0.158 e. The van der Waals surface area contributed by atoms with Gasteiger partial charge in [-0.25, -0.2) is 15.8 Å². The Morgan fingerprint density at radius 2 is 2.00 bits per heavy atom. The standard InChI is InChI=1S/C15H19N5O/c1-21-9-15-18-13(8-14(19-15)20-16)17-12-7-11(12)10-5-3-2-4-6-10/h2-6,8,11-12H,7,9,16H2,1H3,(H2,17,18,19,20). The molecule has 1 aromatic heterocycles. The van der Waals surface area contributed by atoms with Crippen molar-refractivity contribution in [2.45, 2.75) is 25.0 Å². The van der Waals surface area contributed by atoms with E-state index in [0.717, 1.165) is 12.2 Å². The number of hydrogen-bond donors (Lipinski definition) is 3. The fourth-order valence-corrected chi connectivity index (χ4v) is 2.45. The number of rotatable bonds is 6. The summed E-state index contributed by atoms with van der Waals surface area (Å²) in [5, 5.41) is 3.44. The van der Waals surface area contributed by atoms with Gasteiger partial charge in [-0.05, 0) is 12.0 Å². The van der Waals surface area contributed by atoms with Crippen LogP contribution in [0.15, 0.2) is 36.4 Å². The first kappa shape index (κ1) is 13.8. The smallest absolute Gasteiger partial charge is 0.158 e. The van der Waals surface area contributed by atoms with E-state index < -0.39 is 0 Å². The van der Waals surface area contributed by atoms with Crippen molar-refractivity contribution in [3.63, 3.8) is 0 Å². The fraction of sp³-hybridized carbons (Fsp3) is 0.333. The molecule has 0 amide bonds. The van der Waals surface area contributed by atoms with Crippen LogP contribution in [0.3, 0.4) is 0 Å². The molecule has 1 aromatic carbocycles. The van der Waals surface area contributed by atoms with Gasteiger partial charge in [0.2, 0.25) is 0 Å². The van der Waals surface area contributed by atoms with Crippen molar-refractivity contribution < 1.29 is 4.74 Å². The van der Waals surface area contributed by atoms with Crippen LogP contribution in [0, 0.1) is 0 Å². The average Bonchev–Trinajstić information content (AvgIpc) is 3.27. The van der Waals surface area contributed by atoms with Crippen LogP contribution in [-0.4, -0.2) is 23.1 Å². The largest absolute Gasteiger partial charge is 0.377 e. The number of aromatic nitrogens is 2. The number of hydrazine groups is 1. The van der Waals surface area contributed by atoms with Crippen molar-refractivity contribution in [3.8, 4) is 0 Å². The van der Waals surface area contributed by atoms with E-state index in [2.05, 4.69) is 45.0 Å². The molecule has 1 fully saturated rings. The number of anilines is 2. The van der Waals surface area contributed by atoms with E-state index in [0.29, 0.717) is 30.2 Å². The van der Waals surface area contributed by atoms with Crippen molar-refractivity contribution in [3.05, 3.63) is 47.8 Å². The van der Waals surface area contributed by atoms with Crippen molar-refractivity contribution in [1.29, 1.82) is 0 Å². The van der Waals surface area contributed by atoms with Crippen LogP contribution in [0.2, 0.25) is 0 Å². The van der Waals surface area contributed by atoms with Crippen molar-refractivity contribution >= 4 is 11.6 Å².